The zero-order valence-corrected chi connectivity index (χ0v) is 11.8. The van der Waals surface area contributed by atoms with Gasteiger partial charge in [-0.2, -0.15) is 0 Å². The van der Waals surface area contributed by atoms with E-state index >= 15 is 0 Å². The van der Waals surface area contributed by atoms with Gasteiger partial charge in [-0.25, -0.2) is 4.39 Å². The van der Waals surface area contributed by atoms with E-state index in [2.05, 4.69) is 10.3 Å². The molecule has 106 valence electrons. The van der Waals surface area contributed by atoms with Crippen LogP contribution in [0.4, 0.5) is 4.39 Å². The molecular weight excluding hydrogens is 255 g/mol. The van der Waals surface area contributed by atoms with Crippen LogP contribution in [0.25, 0.3) is 11.1 Å². The van der Waals surface area contributed by atoms with E-state index in [9.17, 15) is 4.39 Å². The lowest BCUT2D eigenvalue weighted by atomic mass is 10.0. The highest BCUT2D eigenvalue weighted by molar-refractivity contribution is 5.67. The van der Waals surface area contributed by atoms with Crippen molar-refractivity contribution < 1.29 is 9.13 Å². The van der Waals surface area contributed by atoms with Gasteiger partial charge >= 0.3 is 0 Å². The summed E-state index contributed by atoms with van der Waals surface area (Å²) in [5.74, 6) is 0.499. The van der Waals surface area contributed by atoms with Crippen LogP contribution in [0, 0.1) is 5.82 Å². The quantitative estimate of drug-likeness (QED) is 0.876. The molecule has 2 aromatic rings. The van der Waals surface area contributed by atoms with Gasteiger partial charge in [0.15, 0.2) is 0 Å². The average Bonchev–Trinajstić information content (AvgIpc) is 2.46. The van der Waals surface area contributed by atoms with E-state index in [1.165, 1.54) is 6.07 Å². The second kappa shape index (κ2) is 7.01. The molecule has 1 heterocycles. The summed E-state index contributed by atoms with van der Waals surface area (Å²) in [6.45, 7) is 6.02. The third-order valence-electron chi connectivity index (χ3n) is 2.97. The number of aromatic nitrogens is 1. The minimum absolute atomic E-state index is 0.226. The van der Waals surface area contributed by atoms with Crippen molar-refractivity contribution >= 4 is 0 Å². The Hall–Kier alpha value is -1.94. The molecule has 1 aromatic carbocycles. The highest BCUT2D eigenvalue weighted by Crippen LogP contribution is 2.26. The lowest BCUT2D eigenvalue weighted by molar-refractivity contribution is 0.339. The summed E-state index contributed by atoms with van der Waals surface area (Å²) >= 11 is 0. The fourth-order valence-electron chi connectivity index (χ4n) is 2.06. The van der Waals surface area contributed by atoms with Crippen molar-refractivity contribution in [3.63, 3.8) is 0 Å². The maximum Gasteiger partial charge on any atom is 0.138 e. The molecule has 0 bridgehead atoms. The molecule has 1 N–H and O–H groups in total. The Balaban J connectivity index is 2.37. The molecule has 0 fully saturated rings. The summed E-state index contributed by atoms with van der Waals surface area (Å²) in [5.41, 5.74) is 2.83. The van der Waals surface area contributed by atoms with Gasteiger partial charge < -0.3 is 10.1 Å². The van der Waals surface area contributed by atoms with E-state index < -0.39 is 0 Å². The van der Waals surface area contributed by atoms with Crippen molar-refractivity contribution in [1.82, 2.24) is 10.3 Å². The molecule has 0 saturated heterocycles. The van der Waals surface area contributed by atoms with Gasteiger partial charge in [0.1, 0.15) is 11.6 Å². The smallest absolute Gasteiger partial charge is 0.138 e. The molecule has 0 saturated carbocycles. The summed E-state index contributed by atoms with van der Waals surface area (Å²) in [7, 11) is 0. The molecule has 0 atom stereocenters. The van der Waals surface area contributed by atoms with E-state index in [1.54, 1.807) is 24.5 Å². The van der Waals surface area contributed by atoms with E-state index in [-0.39, 0.29) is 5.82 Å². The van der Waals surface area contributed by atoms with E-state index in [0.717, 1.165) is 29.0 Å². The Morgan fingerprint density at radius 1 is 1.20 bits per heavy atom. The summed E-state index contributed by atoms with van der Waals surface area (Å²) in [5, 5.41) is 3.22. The Bertz CT molecular complexity index is 572. The number of nitrogens with one attached hydrogen (secondary N) is 1. The first kappa shape index (κ1) is 14.5. The molecule has 0 spiro atoms. The third-order valence-corrected chi connectivity index (χ3v) is 2.97. The number of benzene rings is 1. The van der Waals surface area contributed by atoms with Crippen LogP contribution >= 0.6 is 0 Å². The highest BCUT2D eigenvalue weighted by atomic mass is 19.1. The first-order valence-electron chi connectivity index (χ1n) is 6.82. The largest absolute Gasteiger partial charge is 0.492 e. The summed E-state index contributed by atoms with van der Waals surface area (Å²) in [6.07, 6.45) is 3.45. The molecule has 4 heteroatoms. The number of hydrogen-bond donors (Lipinski definition) is 1. The van der Waals surface area contributed by atoms with Crippen LogP contribution in [0.2, 0.25) is 0 Å². The highest BCUT2D eigenvalue weighted by Gasteiger charge is 2.08. The van der Waals surface area contributed by atoms with Gasteiger partial charge in [-0.05, 0) is 42.8 Å². The van der Waals surface area contributed by atoms with E-state index in [0.29, 0.717) is 13.2 Å². The zero-order chi connectivity index (χ0) is 14.4. The molecule has 0 amide bonds. The standard InChI is InChI=1S/C16H19FN2O/c1-3-18-9-12-7-14(17)5-6-16(12)13-8-15(20-4-2)11-19-10-13/h5-8,10-11,18H,3-4,9H2,1-2H3. The number of ether oxygens (including phenoxy) is 1. The maximum absolute atomic E-state index is 13.4. The number of pyridine rings is 1. The molecule has 20 heavy (non-hydrogen) atoms. The second-order valence-corrected chi connectivity index (χ2v) is 4.42. The third kappa shape index (κ3) is 3.54. The van der Waals surface area contributed by atoms with E-state index in [4.69, 9.17) is 4.74 Å². The Kier molecular flexibility index (Phi) is 5.07. The van der Waals surface area contributed by atoms with Crippen molar-refractivity contribution in [2.45, 2.75) is 20.4 Å². The predicted octanol–water partition coefficient (Wildman–Crippen LogP) is 3.40. The van der Waals surface area contributed by atoms with Gasteiger partial charge in [-0.15, -0.1) is 0 Å². The molecule has 2 rings (SSSR count). The normalized spacial score (nSPS) is 10.6. The predicted molar refractivity (Wildman–Crippen MR) is 78.2 cm³/mol. The van der Waals surface area contributed by atoms with Crippen LogP contribution in [0.15, 0.2) is 36.7 Å². The zero-order valence-electron chi connectivity index (χ0n) is 11.8. The maximum atomic E-state index is 13.4. The fourth-order valence-corrected chi connectivity index (χ4v) is 2.06. The number of nitrogens with zero attached hydrogens (tertiary/aromatic N) is 1. The van der Waals surface area contributed by atoms with E-state index in [1.807, 2.05) is 19.9 Å². The fraction of sp³-hybridized carbons (Fsp3) is 0.312. The van der Waals surface area contributed by atoms with Gasteiger partial charge in [0.2, 0.25) is 0 Å². The number of halogens is 1. The number of rotatable bonds is 6. The molecule has 0 aliphatic heterocycles. The Morgan fingerprint density at radius 2 is 2.05 bits per heavy atom. The topological polar surface area (TPSA) is 34.2 Å². The van der Waals surface area contributed by atoms with Crippen LogP contribution in [0.1, 0.15) is 19.4 Å². The van der Waals surface area contributed by atoms with Crippen LogP contribution in [0.5, 0.6) is 5.75 Å². The summed E-state index contributed by atoms with van der Waals surface area (Å²) < 4.78 is 18.9. The van der Waals surface area contributed by atoms with Crippen molar-refractivity contribution in [3.8, 4) is 16.9 Å². The monoisotopic (exact) mass is 274 g/mol. The van der Waals surface area contributed by atoms with Gasteiger partial charge in [-0.3, -0.25) is 4.98 Å². The van der Waals surface area contributed by atoms with Crippen LogP contribution in [0.3, 0.4) is 0 Å². The van der Waals surface area contributed by atoms with Gasteiger partial charge in [0.05, 0.1) is 12.8 Å². The van der Waals surface area contributed by atoms with Crippen LogP contribution in [-0.4, -0.2) is 18.1 Å². The molecule has 0 unspecified atom stereocenters. The van der Waals surface area contributed by atoms with Crippen molar-refractivity contribution in [2.24, 2.45) is 0 Å². The average molecular weight is 274 g/mol. The molecule has 0 radical (unpaired) electrons. The molecule has 0 aliphatic rings. The van der Waals surface area contributed by atoms with Gasteiger partial charge in [-0.1, -0.05) is 13.0 Å². The molecule has 1 aromatic heterocycles. The minimum atomic E-state index is -0.226. The Morgan fingerprint density at radius 3 is 2.80 bits per heavy atom. The minimum Gasteiger partial charge on any atom is -0.492 e. The lowest BCUT2D eigenvalue weighted by Gasteiger charge is -2.11. The summed E-state index contributed by atoms with van der Waals surface area (Å²) in [6, 6.07) is 6.75. The molecule has 0 aliphatic carbocycles. The molecule has 3 nitrogen and oxygen atoms in total. The second-order valence-electron chi connectivity index (χ2n) is 4.42. The lowest BCUT2D eigenvalue weighted by Crippen LogP contribution is -2.12. The first-order chi connectivity index (χ1) is 9.74. The van der Waals surface area contributed by atoms with Crippen molar-refractivity contribution in [3.05, 3.63) is 48.0 Å². The summed E-state index contributed by atoms with van der Waals surface area (Å²) in [4.78, 5) is 4.18. The van der Waals surface area contributed by atoms with Gasteiger partial charge in [0.25, 0.3) is 0 Å². The van der Waals surface area contributed by atoms with Crippen LogP contribution < -0.4 is 10.1 Å². The SMILES string of the molecule is CCNCc1cc(F)ccc1-c1cncc(OCC)c1. The Labute approximate surface area is 118 Å². The number of hydrogen-bond acceptors (Lipinski definition) is 3. The van der Waals surface area contributed by atoms with Crippen LogP contribution in [-0.2, 0) is 6.54 Å². The van der Waals surface area contributed by atoms with Gasteiger partial charge in [0, 0.05) is 18.3 Å². The first-order valence-corrected chi connectivity index (χ1v) is 6.82. The molecular formula is C16H19FN2O. The van der Waals surface area contributed by atoms with Crippen molar-refractivity contribution in [1.29, 1.82) is 0 Å². The van der Waals surface area contributed by atoms with Crippen molar-refractivity contribution in [2.75, 3.05) is 13.2 Å².